The van der Waals surface area contributed by atoms with E-state index in [4.69, 9.17) is 4.98 Å². The van der Waals surface area contributed by atoms with Gasteiger partial charge in [-0.25, -0.2) is 4.98 Å². The number of imidazole rings is 1. The van der Waals surface area contributed by atoms with Crippen LogP contribution in [0, 0.1) is 17.3 Å². The topological polar surface area (TPSA) is 59.3 Å². The lowest BCUT2D eigenvalue weighted by Crippen LogP contribution is -2.28. The fourth-order valence-corrected chi connectivity index (χ4v) is 3.53. The minimum atomic E-state index is -0.518. The molecule has 144 valence electrons. The van der Waals surface area contributed by atoms with Gasteiger partial charge in [-0.15, -0.1) is 11.3 Å². The molecule has 6 heteroatoms. The van der Waals surface area contributed by atoms with Crippen molar-refractivity contribution in [1.82, 2.24) is 14.4 Å². The average Bonchev–Trinajstić information content (AvgIpc) is 3.31. The van der Waals surface area contributed by atoms with E-state index in [1.165, 1.54) is 0 Å². The third kappa shape index (κ3) is 4.05. The van der Waals surface area contributed by atoms with Crippen molar-refractivity contribution < 1.29 is 4.79 Å². The number of hydrogen-bond donors (Lipinski definition) is 1. The number of amides is 1. The summed E-state index contributed by atoms with van der Waals surface area (Å²) in [6, 6.07) is 13.8. The van der Waals surface area contributed by atoms with Crippen LogP contribution in [0.2, 0.25) is 0 Å². The Bertz CT molecular complexity index is 1240. The molecule has 0 saturated carbocycles. The number of benzene rings is 1. The highest BCUT2D eigenvalue weighted by Gasteiger charge is 2.25. The molecule has 1 aromatic carbocycles. The fourth-order valence-electron chi connectivity index (χ4n) is 2.68. The number of hydrogen-bond acceptors (Lipinski definition) is 4. The van der Waals surface area contributed by atoms with Crippen molar-refractivity contribution in [2.24, 2.45) is 5.41 Å². The largest absolute Gasteiger partial charge is 0.309 e. The summed E-state index contributed by atoms with van der Waals surface area (Å²) < 4.78 is 1.85. The molecule has 4 rings (SSSR count). The number of fused-ring (bicyclic) bond motifs is 1. The van der Waals surface area contributed by atoms with Gasteiger partial charge in [0.15, 0.2) is 5.65 Å². The molecule has 0 fully saturated rings. The van der Waals surface area contributed by atoms with Crippen LogP contribution >= 0.6 is 11.3 Å². The van der Waals surface area contributed by atoms with E-state index < -0.39 is 5.41 Å². The number of carbonyl (C=O) groups excluding carboxylic acids is 1. The van der Waals surface area contributed by atoms with Gasteiger partial charge >= 0.3 is 0 Å². The predicted octanol–water partition coefficient (Wildman–Crippen LogP) is 4.84. The lowest BCUT2D eigenvalue weighted by atomic mass is 9.96. The molecule has 0 aliphatic carbocycles. The summed E-state index contributed by atoms with van der Waals surface area (Å²) in [5.41, 5.74) is 1.85. The number of carbonyl (C=O) groups is 1. The van der Waals surface area contributed by atoms with Gasteiger partial charge in [0.2, 0.25) is 5.91 Å². The minimum absolute atomic E-state index is 0.0713. The SMILES string of the molecule is CC(C)(C)C(=O)Nc1c(-c2ccc(C#Cc3ccccc3)s2)nc2cnccn12. The monoisotopic (exact) mass is 400 g/mol. The highest BCUT2D eigenvalue weighted by atomic mass is 32.1. The van der Waals surface area contributed by atoms with E-state index >= 15 is 0 Å². The first-order valence-corrected chi connectivity index (χ1v) is 10.0. The molecule has 3 heterocycles. The van der Waals surface area contributed by atoms with Crippen LogP contribution in [-0.2, 0) is 4.79 Å². The second-order valence-electron chi connectivity index (χ2n) is 7.60. The summed E-state index contributed by atoms with van der Waals surface area (Å²) in [5.74, 6) is 6.95. The molecule has 0 aliphatic heterocycles. The van der Waals surface area contributed by atoms with Crippen molar-refractivity contribution in [3.63, 3.8) is 0 Å². The average molecular weight is 401 g/mol. The van der Waals surface area contributed by atoms with Crippen molar-refractivity contribution >= 4 is 28.7 Å². The normalized spacial score (nSPS) is 11.1. The van der Waals surface area contributed by atoms with Crippen LogP contribution in [0.1, 0.15) is 31.2 Å². The summed E-state index contributed by atoms with van der Waals surface area (Å²) in [6.07, 6.45) is 5.16. The summed E-state index contributed by atoms with van der Waals surface area (Å²) in [6.45, 7) is 5.65. The quantitative estimate of drug-likeness (QED) is 0.490. The lowest BCUT2D eigenvalue weighted by Gasteiger charge is -2.17. The Hall–Kier alpha value is -3.43. The van der Waals surface area contributed by atoms with E-state index in [0.717, 1.165) is 15.3 Å². The van der Waals surface area contributed by atoms with Crippen molar-refractivity contribution in [1.29, 1.82) is 0 Å². The fraction of sp³-hybridized carbons (Fsp3) is 0.174. The van der Waals surface area contributed by atoms with Crippen molar-refractivity contribution in [2.45, 2.75) is 20.8 Å². The van der Waals surface area contributed by atoms with Crippen LogP contribution in [0.3, 0.4) is 0 Å². The van der Waals surface area contributed by atoms with Crippen LogP contribution in [0.25, 0.3) is 16.2 Å². The molecule has 5 nitrogen and oxygen atoms in total. The van der Waals surface area contributed by atoms with Crippen LogP contribution in [0.5, 0.6) is 0 Å². The Morgan fingerprint density at radius 3 is 2.66 bits per heavy atom. The maximum absolute atomic E-state index is 12.6. The van der Waals surface area contributed by atoms with Crippen molar-refractivity contribution in [2.75, 3.05) is 5.32 Å². The summed E-state index contributed by atoms with van der Waals surface area (Å²) in [7, 11) is 0. The van der Waals surface area contributed by atoms with Gasteiger partial charge in [-0.2, -0.15) is 0 Å². The summed E-state index contributed by atoms with van der Waals surface area (Å²) in [5, 5.41) is 3.04. The van der Waals surface area contributed by atoms with Crippen LogP contribution in [-0.4, -0.2) is 20.3 Å². The van der Waals surface area contributed by atoms with Gasteiger partial charge < -0.3 is 5.32 Å². The Balaban J connectivity index is 1.73. The first-order valence-electron chi connectivity index (χ1n) is 9.22. The molecule has 0 spiro atoms. The number of aromatic nitrogens is 3. The Labute approximate surface area is 173 Å². The van der Waals surface area contributed by atoms with E-state index in [1.54, 1.807) is 29.9 Å². The zero-order valence-corrected chi connectivity index (χ0v) is 17.2. The first kappa shape index (κ1) is 18.9. The van der Waals surface area contributed by atoms with Gasteiger partial charge in [0.25, 0.3) is 0 Å². The molecule has 4 aromatic rings. The first-order chi connectivity index (χ1) is 13.9. The van der Waals surface area contributed by atoms with Crippen LogP contribution in [0.15, 0.2) is 61.1 Å². The van der Waals surface area contributed by atoms with Crippen molar-refractivity contribution in [3.8, 4) is 22.4 Å². The van der Waals surface area contributed by atoms with E-state index in [2.05, 4.69) is 22.1 Å². The van der Waals surface area contributed by atoms with Gasteiger partial charge in [-0.1, -0.05) is 50.8 Å². The van der Waals surface area contributed by atoms with Gasteiger partial charge in [-0.3, -0.25) is 14.2 Å². The second-order valence-corrected chi connectivity index (χ2v) is 8.68. The molecule has 1 N–H and O–H groups in total. The number of thiophene rings is 1. The molecule has 3 aromatic heterocycles. The molecule has 0 radical (unpaired) electrons. The molecule has 0 unspecified atom stereocenters. The van der Waals surface area contributed by atoms with E-state index in [1.807, 2.05) is 67.6 Å². The smallest absolute Gasteiger partial charge is 0.230 e. The molecule has 0 atom stereocenters. The number of nitrogens with zero attached hydrogens (tertiary/aromatic N) is 3. The second kappa shape index (κ2) is 7.53. The summed E-state index contributed by atoms with van der Waals surface area (Å²) in [4.78, 5) is 23.4. The van der Waals surface area contributed by atoms with Gasteiger partial charge in [0.1, 0.15) is 11.5 Å². The van der Waals surface area contributed by atoms with Gasteiger partial charge in [0.05, 0.1) is 16.0 Å². The number of anilines is 1. The van der Waals surface area contributed by atoms with Gasteiger partial charge in [-0.05, 0) is 24.3 Å². The van der Waals surface area contributed by atoms with Crippen molar-refractivity contribution in [3.05, 3.63) is 71.5 Å². The Morgan fingerprint density at radius 2 is 1.90 bits per heavy atom. The molecule has 29 heavy (non-hydrogen) atoms. The number of rotatable bonds is 2. The molecule has 0 saturated heterocycles. The maximum atomic E-state index is 12.6. The maximum Gasteiger partial charge on any atom is 0.230 e. The highest BCUT2D eigenvalue weighted by Crippen LogP contribution is 2.34. The minimum Gasteiger partial charge on any atom is -0.309 e. The van der Waals surface area contributed by atoms with Gasteiger partial charge in [0, 0.05) is 23.4 Å². The third-order valence-electron chi connectivity index (χ3n) is 4.29. The summed E-state index contributed by atoms with van der Waals surface area (Å²) >= 11 is 1.55. The zero-order valence-electron chi connectivity index (χ0n) is 16.4. The third-order valence-corrected chi connectivity index (χ3v) is 5.29. The Morgan fingerprint density at radius 1 is 1.10 bits per heavy atom. The Kier molecular flexibility index (Phi) is 4.91. The lowest BCUT2D eigenvalue weighted by molar-refractivity contribution is -0.123. The standard InChI is InChI=1S/C23H20N4OS/c1-23(2,3)22(28)26-21-20(25-19-15-24-13-14-27(19)21)18-12-11-17(29-18)10-9-16-7-5-4-6-8-16/h4-8,11-15H,1-3H3,(H,26,28). The van der Waals surface area contributed by atoms with Crippen LogP contribution in [0.4, 0.5) is 5.82 Å². The van der Waals surface area contributed by atoms with E-state index in [0.29, 0.717) is 17.2 Å². The van der Waals surface area contributed by atoms with E-state index in [-0.39, 0.29) is 5.91 Å². The molecule has 1 amide bonds. The zero-order chi connectivity index (χ0) is 20.4. The molecular formula is C23H20N4OS. The molecular weight excluding hydrogens is 380 g/mol. The molecule has 0 bridgehead atoms. The predicted molar refractivity (Wildman–Crippen MR) is 117 cm³/mol. The van der Waals surface area contributed by atoms with Crippen LogP contribution < -0.4 is 5.32 Å². The molecule has 0 aliphatic rings. The highest BCUT2D eigenvalue weighted by molar-refractivity contribution is 7.16. The number of nitrogens with one attached hydrogen (secondary N) is 1. The van der Waals surface area contributed by atoms with E-state index in [9.17, 15) is 4.79 Å².